The average Bonchev–Trinajstić information content (AvgIpc) is 2.91. The molecule has 0 fully saturated rings. The number of rotatable bonds is 7. The first-order valence-corrected chi connectivity index (χ1v) is 7.32. The summed E-state index contributed by atoms with van der Waals surface area (Å²) >= 11 is 0. The number of nitrogens with one attached hydrogen (secondary N) is 1. The highest BCUT2D eigenvalue weighted by Crippen LogP contribution is 2.12. The van der Waals surface area contributed by atoms with Crippen LogP contribution in [0.3, 0.4) is 0 Å². The standard InChI is InChI=1S/C16H16N4O4/c1-23-6-7-24-15-17-8-13-14(19-15)20(16(22)18-13)9-11-2-4-12(10-21)5-3-11/h2-5,8,10H,6-7,9H2,1H3,(H,18,22). The Bertz CT molecular complexity index is 899. The molecule has 3 rings (SSSR count). The number of aromatic amines is 1. The zero-order valence-electron chi connectivity index (χ0n) is 13.1. The quantitative estimate of drug-likeness (QED) is 0.513. The maximum atomic E-state index is 12.2. The van der Waals surface area contributed by atoms with Crippen molar-refractivity contribution in [3.05, 3.63) is 52.1 Å². The molecule has 0 atom stereocenters. The third-order valence-corrected chi connectivity index (χ3v) is 3.46. The van der Waals surface area contributed by atoms with Gasteiger partial charge in [-0.25, -0.2) is 9.78 Å². The van der Waals surface area contributed by atoms with Crippen LogP contribution in [0.2, 0.25) is 0 Å². The third-order valence-electron chi connectivity index (χ3n) is 3.46. The van der Waals surface area contributed by atoms with Crippen molar-refractivity contribution in [1.82, 2.24) is 19.5 Å². The SMILES string of the molecule is COCCOc1ncc2[nH]c(=O)n(Cc3ccc(C=O)cc3)c2n1. The molecule has 0 radical (unpaired) electrons. The molecular formula is C16H16N4O4. The van der Waals surface area contributed by atoms with Gasteiger partial charge in [0.05, 0.1) is 19.3 Å². The number of methoxy groups -OCH3 is 1. The van der Waals surface area contributed by atoms with Crippen LogP contribution in [-0.2, 0) is 11.3 Å². The van der Waals surface area contributed by atoms with E-state index in [-0.39, 0.29) is 11.7 Å². The first-order valence-electron chi connectivity index (χ1n) is 7.32. The summed E-state index contributed by atoms with van der Waals surface area (Å²) in [4.78, 5) is 33.9. The molecule has 0 aliphatic rings. The van der Waals surface area contributed by atoms with Crippen molar-refractivity contribution in [2.75, 3.05) is 20.3 Å². The molecule has 0 amide bonds. The number of carbonyl (C=O) groups is 1. The molecule has 1 N–H and O–H groups in total. The van der Waals surface area contributed by atoms with Crippen LogP contribution in [-0.4, -0.2) is 46.1 Å². The second kappa shape index (κ2) is 7.05. The minimum absolute atomic E-state index is 0.184. The fourth-order valence-corrected chi connectivity index (χ4v) is 2.25. The van der Waals surface area contributed by atoms with E-state index in [4.69, 9.17) is 9.47 Å². The van der Waals surface area contributed by atoms with Gasteiger partial charge in [-0.1, -0.05) is 24.3 Å². The van der Waals surface area contributed by atoms with Crippen molar-refractivity contribution < 1.29 is 14.3 Å². The van der Waals surface area contributed by atoms with Crippen LogP contribution in [0.4, 0.5) is 0 Å². The molecule has 0 aliphatic carbocycles. The average molecular weight is 328 g/mol. The Morgan fingerprint density at radius 2 is 2.04 bits per heavy atom. The number of aldehydes is 1. The Morgan fingerprint density at radius 1 is 1.25 bits per heavy atom. The lowest BCUT2D eigenvalue weighted by atomic mass is 10.1. The van der Waals surface area contributed by atoms with Crippen molar-refractivity contribution in [2.24, 2.45) is 0 Å². The predicted molar refractivity (Wildman–Crippen MR) is 86.5 cm³/mol. The van der Waals surface area contributed by atoms with E-state index in [1.165, 1.54) is 10.8 Å². The van der Waals surface area contributed by atoms with E-state index in [0.29, 0.717) is 36.5 Å². The largest absolute Gasteiger partial charge is 0.461 e. The molecule has 8 heteroatoms. The van der Waals surface area contributed by atoms with E-state index in [0.717, 1.165) is 11.8 Å². The second-order valence-electron chi connectivity index (χ2n) is 5.11. The summed E-state index contributed by atoms with van der Waals surface area (Å²) in [6.45, 7) is 1.07. The maximum Gasteiger partial charge on any atom is 0.328 e. The Balaban J connectivity index is 1.90. The van der Waals surface area contributed by atoms with Crippen LogP contribution < -0.4 is 10.4 Å². The molecule has 0 bridgehead atoms. The van der Waals surface area contributed by atoms with Crippen molar-refractivity contribution in [3.8, 4) is 6.01 Å². The lowest BCUT2D eigenvalue weighted by Gasteiger charge is -2.05. The number of ether oxygens (including phenoxy) is 2. The van der Waals surface area contributed by atoms with Crippen LogP contribution in [0.25, 0.3) is 11.2 Å². The Kier molecular flexibility index (Phi) is 4.66. The van der Waals surface area contributed by atoms with Gasteiger partial charge in [-0.2, -0.15) is 4.98 Å². The summed E-state index contributed by atoms with van der Waals surface area (Å²) in [6.07, 6.45) is 2.29. The summed E-state index contributed by atoms with van der Waals surface area (Å²) < 4.78 is 11.8. The Labute approximate surface area is 137 Å². The van der Waals surface area contributed by atoms with E-state index in [9.17, 15) is 9.59 Å². The van der Waals surface area contributed by atoms with Gasteiger partial charge in [0.1, 0.15) is 18.4 Å². The van der Waals surface area contributed by atoms with Gasteiger partial charge in [-0.3, -0.25) is 9.36 Å². The zero-order chi connectivity index (χ0) is 16.9. The molecular weight excluding hydrogens is 312 g/mol. The van der Waals surface area contributed by atoms with Crippen LogP contribution in [0.1, 0.15) is 15.9 Å². The molecule has 2 aromatic heterocycles. The maximum absolute atomic E-state index is 12.2. The van der Waals surface area contributed by atoms with Crippen molar-refractivity contribution in [1.29, 1.82) is 0 Å². The molecule has 8 nitrogen and oxygen atoms in total. The minimum atomic E-state index is -0.284. The number of fused-ring (bicyclic) bond motifs is 1. The van der Waals surface area contributed by atoms with Gasteiger partial charge in [-0.05, 0) is 5.56 Å². The van der Waals surface area contributed by atoms with Crippen LogP contribution in [0, 0.1) is 0 Å². The molecule has 2 heterocycles. The fraction of sp³-hybridized carbons (Fsp3) is 0.250. The molecule has 1 aromatic carbocycles. The number of H-pyrrole nitrogens is 1. The number of aromatic nitrogens is 4. The summed E-state index contributed by atoms with van der Waals surface area (Å²) in [5.74, 6) is 0. The van der Waals surface area contributed by atoms with E-state index >= 15 is 0 Å². The Hall–Kier alpha value is -3.00. The lowest BCUT2D eigenvalue weighted by molar-refractivity contribution is 0.112. The van der Waals surface area contributed by atoms with E-state index in [1.807, 2.05) is 0 Å². The van der Waals surface area contributed by atoms with Crippen molar-refractivity contribution in [2.45, 2.75) is 6.54 Å². The molecule has 0 saturated heterocycles. The van der Waals surface area contributed by atoms with Crippen molar-refractivity contribution >= 4 is 17.5 Å². The van der Waals surface area contributed by atoms with Gasteiger partial charge >= 0.3 is 11.7 Å². The number of hydrogen-bond donors (Lipinski definition) is 1. The summed E-state index contributed by atoms with van der Waals surface area (Å²) in [6, 6.07) is 7.19. The highest BCUT2D eigenvalue weighted by molar-refractivity contribution is 5.74. The molecule has 0 aliphatic heterocycles. The van der Waals surface area contributed by atoms with E-state index in [2.05, 4.69) is 15.0 Å². The second-order valence-corrected chi connectivity index (χ2v) is 5.11. The Morgan fingerprint density at radius 3 is 2.75 bits per heavy atom. The van der Waals surface area contributed by atoms with Gasteiger partial charge in [0.2, 0.25) is 0 Å². The minimum Gasteiger partial charge on any atom is -0.461 e. The van der Waals surface area contributed by atoms with Gasteiger partial charge in [0.25, 0.3) is 0 Å². The number of imidazole rings is 1. The summed E-state index contributed by atoms with van der Waals surface area (Å²) in [5, 5.41) is 0. The van der Waals surface area contributed by atoms with E-state index < -0.39 is 0 Å². The topological polar surface area (TPSA) is 99.1 Å². The summed E-state index contributed by atoms with van der Waals surface area (Å²) in [5.41, 5.74) is 2.17. The smallest absolute Gasteiger partial charge is 0.328 e. The van der Waals surface area contributed by atoms with Gasteiger partial charge in [0.15, 0.2) is 5.65 Å². The third kappa shape index (κ3) is 3.33. The predicted octanol–water partition coefficient (Wildman–Crippen LogP) is 1.01. The number of nitrogens with zero attached hydrogens (tertiary/aromatic N) is 3. The number of carbonyl (C=O) groups excluding carboxylic acids is 1. The van der Waals surface area contributed by atoms with E-state index in [1.54, 1.807) is 31.4 Å². The molecule has 24 heavy (non-hydrogen) atoms. The highest BCUT2D eigenvalue weighted by Gasteiger charge is 2.11. The monoisotopic (exact) mass is 328 g/mol. The first-order chi connectivity index (χ1) is 11.7. The van der Waals surface area contributed by atoms with Crippen LogP contribution in [0.5, 0.6) is 6.01 Å². The highest BCUT2D eigenvalue weighted by atomic mass is 16.5. The molecule has 124 valence electrons. The van der Waals surface area contributed by atoms with Gasteiger partial charge in [-0.15, -0.1) is 0 Å². The normalized spacial score (nSPS) is 10.9. The van der Waals surface area contributed by atoms with Crippen LogP contribution >= 0.6 is 0 Å². The summed E-state index contributed by atoms with van der Waals surface area (Å²) in [7, 11) is 1.58. The van der Waals surface area contributed by atoms with Crippen LogP contribution in [0.15, 0.2) is 35.3 Å². The fourth-order valence-electron chi connectivity index (χ4n) is 2.25. The van der Waals surface area contributed by atoms with Gasteiger partial charge < -0.3 is 14.5 Å². The molecule has 0 spiro atoms. The van der Waals surface area contributed by atoms with Crippen molar-refractivity contribution in [3.63, 3.8) is 0 Å². The number of hydrogen-bond acceptors (Lipinski definition) is 6. The number of benzene rings is 1. The molecule has 0 unspecified atom stereocenters. The molecule has 3 aromatic rings. The zero-order valence-corrected chi connectivity index (χ0v) is 13.1. The first kappa shape index (κ1) is 15.9. The molecule has 0 saturated carbocycles. The lowest BCUT2D eigenvalue weighted by Crippen LogP contribution is -2.18. The van der Waals surface area contributed by atoms with Gasteiger partial charge in [0, 0.05) is 12.7 Å².